The number of hydrogen-bond donors (Lipinski definition) is 1. The second-order valence-corrected chi connectivity index (χ2v) is 7.22. The number of amides is 1. The largest absolute Gasteiger partial charge is 0.478 e. The molecule has 3 rings (SSSR count). The first kappa shape index (κ1) is 20.5. The van der Waals surface area contributed by atoms with Gasteiger partial charge < -0.3 is 5.11 Å². The summed E-state index contributed by atoms with van der Waals surface area (Å²) in [6, 6.07) is 16.6. The average molecular weight is 413 g/mol. The van der Waals surface area contributed by atoms with Crippen molar-refractivity contribution in [3.63, 3.8) is 0 Å². The number of carbonyl (C=O) groups is 2. The fourth-order valence-corrected chi connectivity index (χ4v) is 3.65. The molecule has 0 aliphatic carbocycles. The summed E-state index contributed by atoms with van der Waals surface area (Å²) in [4.78, 5) is 24.5. The summed E-state index contributed by atoms with van der Waals surface area (Å²) in [5.41, 5.74) is 0.0628. The smallest absolute Gasteiger partial charge is 0.336 e. The maximum absolute atomic E-state index is 14.9. The van der Waals surface area contributed by atoms with Crippen molar-refractivity contribution in [3.8, 4) is 11.1 Å². The molecule has 0 atom stereocenters. The van der Waals surface area contributed by atoms with Crippen LogP contribution in [0, 0.1) is 11.6 Å². The summed E-state index contributed by atoms with van der Waals surface area (Å²) in [6.45, 7) is 1.72. The Hall–Kier alpha value is -3.19. The molecule has 1 amide bonds. The summed E-state index contributed by atoms with van der Waals surface area (Å²) in [5.74, 6) is -3.58. The number of anilines is 1. The van der Waals surface area contributed by atoms with Crippen LogP contribution in [0.3, 0.4) is 0 Å². The Morgan fingerprint density at radius 1 is 0.897 bits per heavy atom. The van der Waals surface area contributed by atoms with Crippen LogP contribution < -0.4 is 4.31 Å². The number of aromatic carboxylic acids is 1. The normalized spacial score (nSPS) is 10.6. The Morgan fingerprint density at radius 3 is 2.00 bits per heavy atom. The van der Waals surface area contributed by atoms with Gasteiger partial charge in [-0.2, -0.15) is 0 Å². The molecule has 0 aromatic heterocycles. The Balaban J connectivity index is 2.08. The number of halogens is 2. The highest BCUT2D eigenvalue weighted by molar-refractivity contribution is 8.01. The van der Waals surface area contributed by atoms with E-state index in [0.717, 1.165) is 28.4 Å². The van der Waals surface area contributed by atoms with Gasteiger partial charge in [-0.1, -0.05) is 49.4 Å². The van der Waals surface area contributed by atoms with Crippen LogP contribution >= 0.6 is 11.9 Å². The van der Waals surface area contributed by atoms with E-state index in [1.165, 1.54) is 24.3 Å². The molecule has 4 nitrogen and oxygen atoms in total. The maximum atomic E-state index is 14.9. The first-order chi connectivity index (χ1) is 13.9. The van der Waals surface area contributed by atoms with E-state index in [1.54, 1.807) is 37.3 Å². The fourth-order valence-electron chi connectivity index (χ4n) is 2.88. The number of nitrogens with zero attached hydrogens (tertiary/aromatic N) is 1. The van der Waals surface area contributed by atoms with Gasteiger partial charge in [-0.15, -0.1) is 0 Å². The van der Waals surface area contributed by atoms with Gasteiger partial charge in [0.05, 0.1) is 11.1 Å². The third-order valence-corrected chi connectivity index (χ3v) is 5.02. The van der Waals surface area contributed by atoms with Gasteiger partial charge in [-0.25, -0.2) is 17.9 Å². The van der Waals surface area contributed by atoms with Crippen LogP contribution in [-0.4, -0.2) is 22.7 Å². The monoisotopic (exact) mass is 413 g/mol. The molecule has 0 radical (unpaired) electrons. The second kappa shape index (κ2) is 8.87. The van der Waals surface area contributed by atoms with Gasteiger partial charge in [0.2, 0.25) is 0 Å². The van der Waals surface area contributed by atoms with Crippen LogP contribution in [-0.2, 0) is 0 Å². The van der Waals surface area contributed by atoms with Gasteiger partial charge in [0.25, 0.3) is 5.91 Å². The fraction of sp³-hybridized carbons (Fsp3) is 0.0909. The lowest BCUT2D eigenvalue weighted by Crippen LogP contribution is -2.28. The molecule has 0 saturated carbocycles. The van der Waals surface area contributed by atoms with Crippen LogP contribution in [0.4, 0.5) is 14.5 Å². The molecule has 1 N–H and O–H groups in total. The van der Waals surface area contributed by atoms with Crippen molar-refractivity contribution >= 4 is 29.5 Å². The van der Waals surface area contributed by atoms with Crippen molar-refractivity contribution in [2.75, 3.05) is 10.1 Å². The molecule has 0 aliphatic rings. The van der Waals surface area contributed by atoms with Crippen molar-refractivity contribution in [3.05, 3.63) is 89.5 Å². The van der Waals surface area contributed by atoms with Crippen molar-refractivity contribution in [1.82, 2.24) is 0 Å². The van der Waals surface area contributed by atoms with Gasteiger partial charge in [0, 0.05) is 5.75 Å². The minimum absolute atomic E-state index is 0.146. The molecule has 0 bridgehead atoms. The third-order valence-electron chi connectivity index (χ3n) is 4.16. The predicted octanol–water partition coefficient (Wildman–Crippen LogP) is 5.64. The topological polar surface area (TPSA) is 57.6 Å². The van der Waals surface area contributed by atoms with E-state index in [4.69, 9.17) is 0 Å². The van der Waals surface area contributed by atoms with Gasteiger partial charge in [-0.05, 0) is 47.3 Å². The Morgan fingerprint density at radius 2 is 1.45 bits per heavy atom. The van der Waals surface area contributed by atoms with Crippen molar-refractivity contribution in [2.24, 2.45) is 0 Å². The van der Waals surface area contributed by atoms with Crippen LogP contribution in [0.5, 0.6) is 0 Å². The van der Waals surface area contributed by atoms with E-state index < -0.39 is 29.2 Å². The minimum atomic E-state index is -1.30. The summed E-state index contributed by atoms with van der Waals surface area (Å²) >= 11 is 0.894. The lowest BCUT2D eigenvalue weighted by atomic mass is 10.0. The molecule has 3 aromatic rings. The predicted molar refractivity (Wildman–Crippen MR) is 110 cm³/mol. The Labute approximate surface area is 170 Å². The molecule has 3 aromatic carbocycles. The Kier molecular flexibility index (Phi) is 6.29. The molecule has 148 valence electrons. The molecule has 0 unspecified atom stereocenters. The number of rotatable bonds is 6. The van der Waals surface area contributed by atoms with Gasteiger partial charge >= 0.3 is 5.97 Å². The number of benzene rings is 3. The number of carboxylic acid groups (broad SMARTS) is 1. The minimum Gasteiger partial charge on any atom is -0.478 e. The van der Waals surface area contributed by atoms with Crippen LogP contribution in [0.1, 0.15) is 27.6 Å². The Bertz CT molecular complexity index is 1030. The van der Waals surface area contributed by atoms with E-state index in [9.17, 15) is 23.5 Å². The molecular formula is C22H17F2NO3S. The molecule has 0 spiro atoms. The highest BCUT2D eigenvalue weighted by Crippen LogP contribution is 2.34. The highest BCUT2D eigenvalue weighted by atomic mass is 32.2. The van der Waals surface area contributed by atoms with E-state index in [0.29, 0.717) is 16.9 Å². The SMILES string of the molecule is CCSN(C(=O)c1ccccc1C(=O)O)c1c(F)cc(-c2ccccc2)cc1F. The number of hydrogen-bond acceptors (Lipinski definition) is 3. The van der Waals surface area contributed by atoms with Gasteiger partial charge in [-0.3, -0.25) is 4.79 Å². The van der Waals surface area contributed by atoms with Gasteiger partial charge in [0.15, 0.2) is 11.6 Å². The molecule has 0 aliphatic heterocycles. The summed E-state index contributed by atoms with van der Waals surface area (Å²) in [6.07, 6.45) is 0. The summed E-state index contributed by atoms with van der Waals surface area (Å²) < 4.78 is 30.8. The molecule has 7 heteroatoms. The van der Waals surface area contributed by atoms with Crippen LogP contribution in [0.15, 0.2) is 66.7 Å². The average Bonchev–Trinajstić information content (AvgIpc) is 2.72. The molecule has 0 heterocycles. The van der Waals surface area contributed by atoms with E-state index >= 15 is 0 Å². The second-order valence-electron chi connectivity index (χ2n) is 6.02. The zero-order valence-electron chi connectivity index (χ0n) is 15.4. The summed E-state index contributed by atoms with van der Waals surface area (Å²) in [7, 11) is 0. The van der Waals surface area contributed by atoms with E-state index in [-0.39, 0.29) is 11.1 Å². The first-order valence-corrected chi connectivity index (χ1v) is 9.72. The third kappa shape index (κ3) is 4.30. The zero-order chi connectivity index (χ0) is 21.0. The number of carboxylic acids is 1. The van der Waals surface area contributed by atoms with E-state index in [1.807, 2.05) is 0 Å². The molecular weight excluding hydrogens is 396 g/mol. The summed E-state index contributed by atoms with van der Waals surface area (Å²) in [5, 5.41) is 9.34. The van der Waals surface area contributed by atoms with Crippen molar-refractivity contribution < 1.29 is 23.5 Å². The first-order valence-electron chi connectivity index (χ1n) is 8.78. The number of carbonyl (C=O) groups excluding carboxylic acids is 1. The van der Waals surface area contributed by atoms with E-state index in [2.05, 4.69) is 0 Å². The quantitative estimate of drug-likeness (QED) is 0.531. The molecule has 0 fully saturated rings. The van der Waals surface area contributed by atoms with Crippen LogP contribution in [0.25, 0.3) is 11.1 Å². The molecule has 0 saturated heterocycles. The van der Waals surface area contributed by atoms with Crippen molar-refractivity contribution in [1.29, 1.82) is 0 Å². The highest BCUT2D eigenvalue weighted by Gasteiger charge is 2.28. The standard InChI is InChI=1S/C22H17F2NO3S/c1-2-29-25(21(26)16-10-6-7-11-17(16)22(27)28)20-18(23)12-15(13-19(20)24)14-8-4-3-5-9-14/h3-13H,2H2,1H3,(H,27,28). The van der Waals surface area contributed by atoms with Crippen LogP contribution in [0.2, 0.25) is 0 Å². The zero-order valence-corrected chi connectivity index (χ0v) is 16.2. The lowest BCUT2D eigenvalue weighted by Gasteiger charge is -2.23. The van der Waals surface area contributed by atoms with Gasteiger partial charge in [0.1, 0.15) is 5.69 Å². The lowest BCUT2D eigenvalue weighted by molar-refractivity contribution is 0.0692. The molecule has 29 heavy (non-hydrogen) atoms. The van der Waals surface area contributed by atoms with Crippen molar-refractivity contribution in [2.45, 2.75) is 6.92 Å². The maximum Gasteiger partial charge on any atom is 0.336 e.